The molecule has 0 radical (unpaired) electrons. The third-order valence-electron chi connectivity index (χ3n) is 5.47. The highest BCUT2D eigenvalue weighted by Gasteiger charge is 2.14. The lowest BCUT2D eigenvalue weighted by Gasteiger charge is -2.12. The molecule has 0 unspecified atom stereocenters. The second-order valence-corrected chi connectivity index (χ2v) is 7.42. The summed E-state index contributed by atoms with van der Waals surface area (Å²) in [4.78, 5) is 17.4. The van der Waals surface area contributed by atoms with E-state index in [0.717, 1.165) is 33.4 Å². The quantitative estimate of drug-likeness (QED) is 0.426. The van der Waals surface area contributed by atoms with Crippen LogP contribution in [-0.2, 0) is 6.54 Å². The number of methoxy groups -OCH3 is 1. The lowest BCUT2D eigenvalue weighted by atomic mass is 10.1. The number of aryl methyl sites for hydroxylation is 1. The Bertz CT molecular complexity index is 1430. The number of nitrogens with zero attached hydrogens (tertiary/aromatic N) is 5. The molecule has 0 aliphatic rings. The normalized spacial score (nSPS) is 11.2. The number of nitrogens with one attached hydrogen (secondary N) is 1. The zero-order valence-corrected chi connectivity index (χ0v) is 17.7. The third kappa shape index (κ3) is 3.60. The van der Waals surface area contributed by atoms with E-state index in [0.29, 0.717) is 30.2 Å². The first kappa shape index (κ1) is 19.9. The van der Waals surface area contributed by atoms with Gasteiger partial charge in [-0.2, -0.15) is 0 Å². The van der Waals surface area contributed by atoms with Crippen LogP contribution in [0.4, 0.5) is 10.2 Å². The van der Waals surface area contributed by atoms with E-state index in [1.165, 1.54) is 12.4 Å². The van der Waals surface area contributed by atoms with Gasteiger partial charge in [0.05, 0.1) is 29.4 Å². The van der Waals surface area contributed by atoms with Crippen LogP contribution in [0.1, 0.15) is 5.69 Å². The van der Waals surface area contributed by atoms with Crippen molar-refractivity contribution in [1.82, 2.24) is 24.5 Å². The predicted octanol–water partition coefficient (Wildman–Crippen LogP) is 4.61. The summed E-state index contributed by atoms with van der Waals surface area (Å²) < 4.78 is 21.9. The molecule has 0 bridgehead atoms. The maximum atomic E-state index is 14.6. The van der Waals surface area contributed by atoms with Crippen LogP contribution in [0.2, 0.25) is 0 Å². The molecular formula is C24H21FN6O. The Hall–Kier alpha value is -4.07. The average molecular weight is 428 g/mol. The van der Waals surface area contributed by atoms with Crippen LogP contribution in [-0.4, -0.2) is 38.2 Å². The summed E-state index contributed by atoms with van der Waals surface area (Å²) in [6, 6.07) is 12.8. The van der Waals surface area contributed by atoms with Gasteiger partial charge in [0.1, 0.15) is 23.7 Å². The number of rotatable bonds is 6. The topological polar surface area (TPSA) is 77.8 Å². The Morgan fingerprint density at radius 3 is 2.66 bits per heavy atom. The van der Waals surface area contributed by atoms with E-state index in [1.807, 2.05) is 41.8 Å². The third-order valence-corrected chi connectivity index (χ3v) is 5.47. The molecule has 0 atom stereocenters. The summed E-state index contributed by atoms with van der Waals surface area (Å²) in [5.41, 5.74) is 4.88. The molecule has 0 aliphatic carbocycles. The molecule has 0 aliphatic heterocycles. The van der Waals surface area contributed by atoms with Crippen molar-refractivity contribution in [1.29, 1.82) is 0 Å². The maximum absolute atomic E-state index is 14.6. The van der Waals surface area contributed by atoms with Gasteiger partial charge >= 0.3 is 0 Å². The Labute approximate surface area is 183 Å². The lowest BCUT2D eigenvalue weighted by molar-refractivity contribution is 0.419. The summed E-state index contributed by atoms with van der Waals surface area (Å²) in [6.45, 7) is 3.11. The minimum atomic E-state index is -0.266. The molecule has 0 spiro atoms. The van der Waals surface area contributed by atoms with Crippen LogP contribution < -0.4 is 10.1 Å². The van der Waals surface area contributed by atoms with Gasteiger partial charge in [-0.25, -0.2) is 14.4 Å². The van der Waals surface area contributed by atoms with Crippen LogP contribution in [0, 0.1) is 12.7 Å². The Kier molecular flexibility index (Phi) is 5.10. The molecule has 0 saturated carbocycles. The van der Waals surface area contributed by atoms with Crippen molar-refractivity contribution in [3.8, 4) is 17.0 Å². The molecule has 160 valence electrons. The van der Waals surface area contributed by atoms with Crippen molar-refractivity contribution in [2.24, 2.45) is 0 Å². The molecule has 3 aromatic heterocycles. The van der Waals surface area contributed by atoms with Gasteiger partial charge in [0.25, 0.3) is 0 Å². The first-order valence-electron chi connectivity index (χ1n) is 10.2. The minimum Gasteiger partial charge on any atom is -0.496 e. The van der Waals surface area contributed by atoms with Gasteiger partial charge in [-0.05, 0) is 37.3 Å². The monoisotopic (exact) mass is 428 g/mol. The fourth-order valence-electron chi connectivity index (χ4n) is 3.94. The van der Waals surface area contributed by atoms with Crippen LogP contribution in [0.25, 0.3) is 33.2 Å². The van der Waals surface area contributed by atoms with Crippen LogP contribution in [0.3, 0.4) is 0 Å². The van der Waals surface area contributed by atoms with Gasteiger partial charge in [0.15, 0.2) is 0 Å². The molecular weight excluding hydrogens is 407 g/mol. The number of halogens is 1. The summed E-state index contributed by atoms with van der Waals surface area (Å²) in [6.07, 6.45) is 4.87. The molecule has 5 rings (SSSR count). The van der Waals surface area contributed by atoms with Gasteiger partial charge in [0.2, 0.25) is 0 Å². The van der Waals surface area contributed by atoms with Crippen LogP contribution >= 0.6 is 0 Å². The number of hydrogen-bond acceptors (Lipinski definition) is 6. The summed E-state index contributed by atoms with van der Waals surface area (Å²) in [7, 11) is 1.59. The van der Waals surface area contributed by atoms with Gasteiger partial charge in [-0.3, -0.25) is 9.97 Å². The molecule has 2 aromatic carbocycles. The highest BCUT2D eigenvalue weighted by Crippen LogP contribution is 2.31. The minimum absolute atomic E-state index is 0.266. The maximum Gasteiger partial charge on any atom is 0.147 e. The Morgan fingerprint density at radius 1 is 0.969 bits per heavy atom. The van der Waals surface area contributed by atoms with Crippen LogP contribution in [0.5, 0.6) is 5.75 Å². The van der Waals surface area contributed by atoms with E-state index in [9.17, 15) is 4.39 Å². The van der Waals surface area contributed by atoms with E-state index in [1.54, 1.807) is 25.6 Å². The van der Waals surface area contributed by atoms with Crippen molar-refractivity contribution >= 4 is 27.8 Å². The molecule has 7 nitrogen and oxygen atoms in total. The average Bonchev–Trinajstić information content (AvgIpc) is 3.16. The molecule has 0 saturated heterocycles. The van der Waals surface area contributed by atoms with Crippen LogP contribution in [0.15, 0.2) is 61.2 Å². The van der Waals surface area contributed by atoms with Gasteiger partial charge in [-0.1, -0.05) is 6.07 Å². The summed E-state index contributed by atoms with van der Waals surface area (Å²) >= 11 is 0. The van der Waals surface area contributed by atoms with Crippen molar-refractivity contribution in [3.05, 3.63) is 72.7 Å². The number of aromatic nitrogens is 5. The van der Waals surface area contributed by atoms with E-state index >= 15 is 0 Å². The van der Waals surface area contributed by atoms with Crippen molar-refractivity contribution < 1.29 is 9.13 Å². The first-order valence-corrected chi connectivity index (χ1v) is 10.2. The van der Waals surface area contributed by atoms with Crippen molar-refractivity contribution in [3.63, 3.8) is 0 Å². The van der Waals surface area contributed by atoms with Gasteiger partial charge < -0.3 is 14.6 Å². The second-order valence-electron chi connectivity index (χ2n) is 7.42. The van der Waals surface area contributed by atoms with E-state index in [4.69, 9.17) is 4.74 Å². The highest BCUT2D eigenvalue weighted by molar-refractivity contribution is 5.88. The second kappa shape index (κ2) is 8.22. The number of anilines is 1. The molecule has 3 heterocycles. The zero-order chi connectivity index (χ0) is 22.1. The number of fused-ring (bicyclic) bond motifs is 2. The van der Waals surface area contributed by atoms with Gasteiger partial charge in [0, 0.05) is 48.2 Å². The molecule has 8 heteroatoms. The molecule has 32 heavy (non-hydrogen) atoms. The standard InChI is InChI=1S/C24H21FN6O/c1-15-11-17-22(32-2)6-4-18(25)24(17)31(15)10-9-28-23-13-20(29-14-30-23)16-3-5-19-21(12-16)27-8-7-26-19/h3-8,11-14H,9-10H2,1-2H3,(H,28,29,30). The Morgan fingerprint density at radius 2 is 1.81 bits per heavy atom. The fourth-order valence-corrected chi connectivity index (χ4v) is 3.94. The van der Waals surface area contributed by atoms with E-state index in [2.05, 4.69) is 25.3 Å². The smallest absolute Gasteiger partial charge is 0.147 e. The summed E-state index contributed by atoms with van der Waals surface area (Å²) in [5, 5.41) is 4.09. The van der Waals surface area contributed by atoms with E-state index in [-0.39, 0.29) is 5.82 Å². The number of benzene rings is 2. The SMILES string of the molecule is COc1ccc(F)c2c1cc(C)n2CCNc1cc(-c2ccc3nccnc3c2)ncn1. The summed E-state index contributed by atoms with van der Waals surface area (Å²) in [5.74, 6) is 1.09. The number of hydrogen-bond donors (Lipinski definition) is 1. The fraction of sp³-hybridized carbons (Fsp3) is 0.167. The molecule has 0 fully saturated rings. The van der Waals surface area contributed by atoms with Crippen molar-refractivity contribution in [2.75, 3.05) is 19.0 Å². The Balaban J connectivity index is 1.36. The number of ether oxygens (including phenoxy) is 1. The highest BCUT2D eigenvalue weighted by atomic mass is 19.1. The molecule has 1 N–H and O–H groups in total. The largest absolute Gasteiger partial charge is 0.496 e. The first-order chi connectivity index (χ1) is 15.6. The predicted molar refractivity (Wildman–Crippen MR) is 122 cm³/mol. The van der Waals surface area contributed by atoms with Gasteiger partial charge in [-0.15, -0.1) is 0 Å². The zero-order valence-electron chi connectivity index (χ0n) is 17.7. The lowest BCUT2D eigenvalue weighted by Crippen LogP contribution is -2.13. The van der Waals surface area contributed by atoms with E-state index < -0.39 is 0 Å². The molecule has 5 aromatic rings. The van der Waals surface area contributed by atoms with Crippen molar-refractivity contribution in [2.45, 2.75) is 13.5 Å². The molecule has 0 amide bonds.